The predicted molar refractivity (Wildman–Crippen MR) is 92.0 cm³/mol. The third-order valence-corrected chi connectivity index (χ3v) is 3.41. The van der Waals surface area contributed by atoms with Crippen LogP contribution in [0.3, 0.4) is 0 Å². The molecule has 0 aliphatic rings. The van der Waals surface area contributed by atoms with Gasteiger partial charge in [-0.25, -0.2) is 14.2 Å². The molecule has 3 rings (SSSR count). The Morgan fingerprint density at radius 2 is 2.04 bits per heavy atom. The molecule has 25 heavy (non-hydrogen) atoms. The van der Waals surface area contributed by atoms with Gasteiger partial charge < -0.3 is 14.5 Å². The average Bonchev–Trinajstić information content (AvgIpc) is 2.96. The Balaban J connectivity index is 2.06. The second kappa shape index (κ2) is 7.05. The van der Waals surface area contributed by atoms with E-state index < -0.39 is 6.09 Å². The van der Waals surface area contributed by atoms with E-state index in [4.69, 9.17) is 4.74 Å². The molecule has 0 atom stereocenters. The van der Waals surface area contributed by atoms with Crippen LogP contribution in [0, 0.1) is 24.6 Å². The van der Waals surface area contributed by atoms with Crippen molar-refractivity contribution in [2.45, 2.75) is 13.8 Å². The van der Waals surface area contributed by atoms with Crippen LogP contribution in [-0.2, 0) is 0 Å². The topological polar surface area (TPSA) is 55.6 Å². The van der Waals surface area contributed by atoms with E-state index in [1.807, 2.05) is 17.5 Å². The van der Waals surface area contributed by atoms with E-state index in [0.29, 0.717) is 29.1 Å². The van der Waals surface area contributed by atoms with Crippen molar-refractivity contribution in [3.63, 3.8) is 0 Å². The molecule has 2 aromatic heterocycles. The summed E-state index contributed by atoms with van der Waals surface area (Å²) in [7, 11) is 0. The number of halogens is 1. The Labute approximate surface area is 144 Å². The number of imidazole rings is 1. The van der Waals surface area contributed by atoms with Crippen LogP contribution in [0.15, 0.2) is 42.7 Å². The lowest BCUT2D eigenvalue weighted by atomic mass is 10.2. The molecule has 0 unspecified atom stereocenters. The van der Waals surface area contributed by atoms with E-state index in [1.54, 1.807) is 31.3 Å². The quantitative estimate of drug-likeness (QED) is 0.730. The first-order valence-electron chi connectivity index (χ1n) is 7.78. The van der Waals surface area contributed by atoms with Crippen molar-refractivity contribution in [2.75, 3.05) is 6.54 Å². The molecular formula is C19H16FN3O2. The summed E-state index contributed by atoms with van der Waals surface area (Å²) in [4.78, 5) is 16.2. The monoisotopic (exact) mass is 337 g/mol. The second-order valence-electron chi connectivity index (χ2n) is 5.34. The van der Waals surface area contributed by atoms with Gasteiger partial charge in [-0.05, 0) is 44.2 Å². The van der Waals surface area contributed by atoms with Crippen LogP contribution in [0.5, 0.6) is 5.75 Å². The Morgan fingerprint density at radius 1 is 1.28 bits per heavy atom. The lowest BCUT2D eigenvalue weighted by Gasteiger charge is -2.08. The fraction of sp³-hybridized carbons (Fsp3) is 0.158. The van der Waals surface area contributed by atoms with Crippen LogP contribution in [0.25, 0.3) is 5.65 Å². The van der Waals surface area contributed by atoms with Gasteiger partial charge >= 0.3 is 6.09 Å². The zero-order chi connectivity index (χ0) is 17.8. The van der Waals surface area contributed by atoms with Gasteiger partial charge in [0.15, 0.2) is 11.4 Å². The summed E-state index contributed by atoms with van der Waals surface area (Å²) in [6.07, 6.45) is 3.06. The van der Waals surface area contributed by atoms with Gasteiger partial charge in [0, 0.05) is 24.5 Å². The highest BCUT2D eigenvalue weighted by atomic mass is 19.1. The van der Waals surface area contributed by atoms with E-state index in [1.165, 1.54) is 12.1 Å². The van der Waals surface area contributed by atoms with Gasteiger partial charge in [0.2, 0.25) is 0 Å². The summed E-state index contributed by atoms with van der Waals surface area (Å²) >= 11 is 0. The molecule has 0 spiro atoms. The van der Waals surface area contributed by atoms with Gasteiger partial charge in [0.1, 0.15) is 11.4 Å². The molecule has 0 saturated carbocycles. The summed E-state index contributed by atoms with van der Waals surface area (Å²) in [5.41, 5.74) is 2.55. The van der Waals surface area contributed by atoms with Crippen molar-refractivity contribution in [3.8, 4) is 17.6 Å². The van der Waals surface area contributed by atoms with E-state index in [9.17, 15) is 9.18 Å². The number of aryl methyl sites for hydroxylation is 1. The molecular weight excluding hydrogens is 321 g/mol. The highest BCUT2D eigenvalue weighted by Gasteiger charge is 2.13. The highest BCUT2D eigenvalue weighted by Crippen LogP contribution is 2.23. The minimum Gasteiger partial charge on any atom is -0.409 e. The van der Waals surface area contributed by atoms with Crippen molar-refractivity contribution in [2.24, 2.45) is 0 Å². The number of rotatable bonds is 2. The SMILES string of the molecule is CCNC(=O)Oc1ccn2cc(C)nc2c1C#Cc1ccc(F)cc1. The normalized spacial score (nSPS) is 10.2. The number of carbonyl (C=O) groups excluding carboxylic acids is 1. The minimum atomic E-state index is -0.556. The maximum absolute atomic E-state index is 13.0. The first-order chi connectivity index (χ1) is 12.1. The Hall–Kier alpha value is -3.33. The maximum Gasteiger partial charge on any atom is 0.412 e. The van der Waals surface area contributed by atoms with E-state index in [2.05, 4.69) is 22.1 Å². The van der Waals surface area contributed by atoms with Crippen LogP contribution >= 0.6 is 0 Å². The van der Waals surface area contributed by atoms with Gasteiger partial charge in [-0.2, -0.15) is 0 Å². The third-order valence-electron chi connectivity index (χ3n) is 3.41. The van der Waals surface area contributed by atoms with Crippen molar-refractivity contribution in [1.82, 2.24) is 14.7 Å². The molecule has 1 amide bonds. The number of aromatic nitrogens is 2. The molecule has 0 aliphatic heterocycles. The van der Waals surface area contributed by atoms with Gasteiger partial charge in [-0.3, -0.25) is 0 Å². The highest BCUT2D eigenvalue weighted by molar-refractivity contribution is 5.74. The molecule has 126 valence electrons. The molecule has 0 aliphatic carbocycles. The number of pyridine rings is 1. The third kappa shape index (κ3) is 3.78. The number of nitrogens with zero attached hydrogens (tertiary/aromatic N) is 2. The van der Waals surface area contributed by atoms with Crippen LogP contribution in [0.2, 0.25) is 0 Å². The van der Waals surface area contributed by atoms with Crippen molar-refractivity contribution in [3.05, 3.63) is 65.4 Å². The Morgan fingerprint density at radius 3 is 2.76 bits per heavy atom. The molecule has 1 N–H and O–H groups in total. The van der Waals surface area contributed by atoms with Crippen LogP contribution in [0.1, 0.15) is 23.7 Å². The molecule has 3 aromatic rings. The van der Waals surface area contributed by atoms with Crippen LogP contribution in [-0.4, -0.2) is 22.0 Å². The van der Waals surface area contributed by atoms with E-state index >= 15 is 0 Å². The minimum absolute atomic E-state index is 0.318. The zero-order valence-electron chi connectivity index (χ0n) is 13.8. The zero-order valence-corrected chi connectivity index (χ0v) is 13.8. The van der Waals surface area contributed by atoms with E-state index in [-0.39, 0.29) is 5.82 Å². The van der Waals surface area contributed by atoms with Crippen molar-refractivity contribution in [1.29, 1.82) is 0 Å². The number of hydrogen-bond acceptors (Lipinski definition) is 3. The van der Waals surface area contributed by atoms with Gasteiger partial charge in [-0.15, -0.1) is 0 Å². The first-order valence-corrected chi connectivity index (χ1v) is 7.78. The summed E-state index contributed by atoms with van der Waals surface area (Å²) in [5.74, 6) is 5.94. The fourth-order valence-corrected chi connectivity index (χ4v) is 2.31. The van der Waals surface area contributed by atoms with Crippen molar-refractivity contribution < 1.29 is 13.9 Å². The molecule has 0 radical (unpaired) electrons. The Kier molecular flexibility index (Phi) is 4.66. The number of ether oxygens (including phenoxy) is 1. The summed E-state index contributed by atoms with van der Waals surface area (Å²) < 4.78 is 20.2. The standard InChI is InChI=1S/C19H16FN3O2/c1-3-21-19(24)25-17-10-11-23-12-13(2)22-18(23)16(17)9-6-14-4-7-15(20)8-5-14/h4-5,7-8,10-12H,3H2,1-2H3,(H,21,24). The number of nitrogens with one attached hydrogen (secondary N) is 1. The maximum atomic E-state index is 13.0. The molecule has 1 aromatic carbocycles. The number of carbonyl (C=O) groups is 1. The number of benzene rings is 1. The summed E-state index contributed by atoms with van der Waals surface area (Å²) in [5, 5.41) is 2.58. The van der Waals surface area contributed by atoms with Gasteiger partial charge in [-0.1, -0.05) is 11.8 Å². The average molecular weight is 337 g/mol. The van der Waals surface area contributed by atoms with Crippen molar-refractivity contribution >= 4 is 11.7 Å². The van der Waals surface area contributed by atoms with Gasteiger partial charge in [0.05, 0.1) is 5.69 Å². The van der Waals surface area contributed by atoms with Crippen LogP contribution in [0.4, 0.5) is 9.18 Å². The Bertz CT molecular complexity index is 982. The molecule has 0 saturated heterocycles. The number of fused-ring (bicyclic) bond motifs is 1. The van der Waals surface area contributed by atoms with Crippen LogP contribution < -0.4 is 10.1 Å². The molecule has 6 heteroatoms. The second-order valence-corrected chi connectivity index (χ2v) is 5.34. The lowest BCUT2D eigenvalue weighted by molar-refractivity contribution is 0.201. The smallest absolute Gasteiger partial charge is 0.409 e. The summed E-state index contributed by atoms with van der Waals surface area (Å²) in [6, 6.07) is 7.53. The molecule has 5 nitrogen and oxygen atoms in total. The molecule has 2 heterocycles. The predicted octanol–water partition coefficient (Wildman–Crippen LogP) is 3.29. The summed E-state index contributed by atoms with van der Waals surface area (Å²) in [6.45, 7) is 4.13. The largest absolute Gasteiger partial charge is 0.412 e. The van der Waals surface area contributed by atoms with Gasteiger partial charge in [0.25, 0.3) is 0 Å². The number of hydrogen-bond donors (Lipinski definition) is 1. The molecule has 0 bridgehead atoms. The first kappa shape index (κ1) is 16.5. The van der Waals surface area contributed by atoms with E-state index in [0.717, 1.165) is 5.69 Å². The lowest BCUT2D eigenvalue weighted by Crippen LogP contribution is -2.26. The fourth-order valence-electron chi connectivity index (χ4n) is 2.31. The molecule has 0 fully saturated rings. The number of amides is 1.